The molecule has 24 heavy (non-hydrogen) atoms. The zero-order valence-electron chi connectivity index (χ0n) is 13.4. The average molecular weight is 350 g/mol. The summed E-state index contributed by atoms with van der Waals surface area (Å²) >= 11 is 6.03. The first-order chi connectivity index (χ1) is 11.5. The predicted octanol–water partition coefficient (Wildman–Crippen LogP) is 1.92. The van der Waals surface area contributed by atoms with E-state index in [1.165, 1.54) is 0 Å². The van der Waals surface area contributed by atoms with Gasteiger partial charge in [-0.1, -0.05) is 11.6 Å². The maximum atomic E-state index is 12.8. The number of carbonyl (C=O) groups excluding carboxylic acids is 1. The molecule has 2 N–H and O–H groups in total. The molecule has 0 aliphatic carbocycles. The van der Waals surface area contributed by atoms with E-state index in [1.54, 1.807) is 33.8 Å². The van der Waals surface area contributed by atoms with Crippen LogP contribution >= 0.6 is 11.6 Å². The minimum Gasteiger partial charge on any atom is -0.393 e. The number of aromatic nitrogens is 2. The lowest BCUT2D eigenvalue weighted by Gasteiger charge is -2.20. The van der Waals surface area contributed by atoms with Crippen molar-refractivity contribution in [3.63, 3.8) is 0 Å². The van der Waals surface area contributed by atoms with E-state index in [0.29, 0.717) is 35.9 Å². The number of aryl methyl sites for hydroxylation is 2. The molecule has 1 unspecified atom stereocenters. The minimum absolute atomic E-state index is 0.0475. The molecule has 1 aliphatic rings. The largest absolute Gasteiger partial charge is 0.393 e. The monoisotopic (exact) mass is 349 g/mol. The number of aliphatic hydroxyl groups excluding tert-OH is 2. The normalized spacial score (nSPS) is 15.8. The van der Waals surface area contributed by atoms with Crippen molar-refractivity contribution in [2.75, 3.05) is 13.2 Å². The highest BCUT2D eigenvalue weighted by Gasteiger charge is 2.23. The van der Waals surface area contributed by atoms with Crippen LogP contribution in [0, 0.1) is 6.92 Å². The highest BCUT2D eigenvalue weighted by Crippen LogP contribution is 2.21. The number of hydrogen-bond acceptors (Lipinski definition) is 4. The third kappa shape index (κ3) is 3.31. The summed E-state index contributed by atoms with van der Waals surface area (Å²) < 4.78 is 1.80. The minimum atomic E-state index is -0.993. The van der Waals surface area contributed by atoms with Gasteiger partial charge in [-0.3, -0.25) is 9.48 Å². The van der Waals surface area contributed by atoms with E-state index >= 15 is 0 Å². The van der Waals surface area contributed by atoms with E-state index in [4.69, 9.17) is 16.7 Å². The van der Waals surface area contributed by atoms with Crippen LogP contribution in [0.15, 0.2) is 24.3 Å². The smallest absolute Gasteiger partial charge is 0.254 e. The molecule has 0 radical (unpaired) electrons. The Morgan fingerprint density at radius 2 is 2.17 bits per heavy atom. The van der Waals surface area contributed by atoms with Crippen molar-refractivity contribution >= 4 is 17.5 Å². The summed E-state index contributed by atoms with van der Waals surface area (Å²) in [7, 11) is 0. The molecule has 0 spiro atoms. The topological polar surface area (TPSA) is 78.6 Å². The summed E-state index contributed by atoms with van der Waals surface area (Å²) in [6.07, 6.45) is -0.214. The van der Waals surface area contributed by atoms with Gasteiger partial charge in [0.2, 0.25) is 0 Å². The van der Waals surface area contributed by atoms with Gasteiger partial charge in [-0.2, -0.15) is 5.10 Å². The molecular weight excluding hydrogens is 330 g/mol. The molecule has 0 saturated heterocycles. The highest BCUT2D eigenvalue weighted by molar-refractivity contribution is 6.31. The number of nitrogens with zero attached hydrogens (tertiary/aromatic N) is 3. The fraction of sp³-hybridized carbons (Fsp3) is 0.412. The number of amides is 1. The van der Waals surface area contributed by atoms with Crippen LogP contribution in [0.5, 0.6) is 0 Å². The first-order valence-corrected chi connectivity index (χ1v) is 8.28. The number of rotatable bonds is 3. The zero-order valence-corrected chi connectivity index (χ0v) is 14.2. The van der Waals surface area contributed by atoms with Crippen LogP contribution in [0.2, 0.25) is 5.02 Å². The van der Waals surface area contributed by atoms with Gasteiger partial charge in [-0.25, -0.2) is 0 Å². The Labute approximate surface area is 145 Å². The number of benzene rings is 1. The second-order valence-electron chi connectivity index (χ2n) is 6.03. The van der Waals surface area contributed by atoms with E-state index in [9.17, 15) is 9.90 Å². The molecule has 128 valence electrons. The first-order valence-electron chi connectivity index (χ1n) is 7.90. The summed E-state index contributed by atoms with van der Waals surface area (Å²) in [6, 6.07) is 7.02. The molecule has 1 aromatic carbocycles. The summed E-state index contributed by atoms with van der Waals surface area (Å²) in [6.45, 7) is 3.24. The Bertz CT molecular complexity index is 760. The Hall–Kier alpha value is -1.89. The van der Waals surface area contributed by atoms with E-state index in [1.807, 2.05) is 6.92 Å². The number of fused-ring (bicyclic) bond motifs is 1. The molecule has 6 nitrogen and oxygen atoms in total. The van der Waals surface area contributed by atoms with Crippen molar-refractivity contribution in [1.29, 1.82) is 0 Å². The van der Waals surface area contributed by atoms with Crippen molar-refractivity contribution < 1.29 is 15.0 Å². The van der Waals surface area contributed by atoms with Crippen molar-refractivity contribution in [2.24, 2.45) is 0 Å². The second kappa shape index (κ2) is 6.93. The molecule has 3 rings (SSSR count). The van der Waals surface area contributed by atoms with E-state index in [-0.39, 0.29) is 12.5 Å². The van der Waals surface area contributed by atoms with Crippen molar-refractivity contribution in [3.8, 4) is 0 Å². The maximum Gasteiger partial charge on any atom is 0.254 e. The molecule has 0 saturated carbocycles. The van der Waals surface area contributed by atoms with Gasteiger partial charge >= 0.3 is 0 Å². The maximum absolute atomic E-state index is 12.8. The third-order valence-corrected chi connectivity index (χ3v) is 4.66. The van der Waals surface area contributed by atoms with Crippen LogP contribution in [-0.2, 0) is 13.1 Å². The quantitative estimate of drug-likeness (QED) is 0.887. The lowest BCUT2D eigenvalue weighted by Crippen LogP contribution is -2.30. The number of carbonyl (C=O) groups is 1. The molecule has 7 heteroatoms. The molecular formula is C17H20ClN3O3. The first kappa shape index (κ1) is 17.0. The van der Waals surface area contributed by atoms with Crippen LogP contribution < -0.4 is 0 Å². The van der Waals surface area contributed by atoms with Gasteiger partial charge in [0.15, 0.2) is 0 Å². The van der Waals surface area contributed by atoms with Crippen LogP contribution in [0.3, 0.4) is 0 Å². The standard InChI is InChI=1S/C17H20ClN3O3/c1-11-7-12(3-4-14(11)18)17(24)20-5-2-6-21-13(9-20)8-15(19-21)16(23)10-22/h3-4,7-8,16,22-23H,2,5-6,9-10H2,1H3. The van der Waals surface area contributed by atoms with E-state index in [0.717, 1.165) is 17.7 Å². The van der Waals surface area contributed by atoms with Crippen molar-refractivity contribution in [3.05, 3.63) is 51.8 Å². The fourth-order valence-electron chi connectivity index (χ4n) is 2.87. The Morgan fingerprint density at radius 1 is 1.38 bits per heavy atom. The molecule has 0 bridgehead atoms. The van der Waals surface area contributed by atoms with Gasteiger partial charge in [0, 0.05) is 23.7 Å². The Balaban J connectivity index is 1.83. The molecule has 2 aromatic rings. The lowest BCUT2D eigenvalue weighted by molar-refractivity contribution is 0.0745. The van der Waals surface area contributed by atoms with Crippen LogP contribution in [0.4, 0.5) is 0 Å². The van der Waals surface area contributed by atoms with Crippen LogP contribution in [-0.4, -0.2) is 44.0 Å². The summed E-state index contributed by atoms with van der Waals surface area (Å²) in [4.78, 5) is 14.6. The van der Waals surface area contributed by atoms with Gasteiger partial charge in [0.25, 0.3) is 5.91 Å². The number of hydrogen-bond donors (Lipinski definition) is 2. The van der Waals surface area contributed by atoms with Crippen molar-refractivity contribution in [2.45, 2.75) is 32.5 Å². The summed E-state index contributed by atoms with van der Waals surface area (Å²) in [5, 5.41) is 23.8. The predicted molar refractivity (Wildman–Crippen MR) is 89.8 cm³/mol. The zero-order chi connectivity index (χ0) is 17.3. The molecule has 0 fully saturated rings. The highest BCUT2D eigenvalue weighted by atomic mass is 35.5. The van der Waals surface area contributed by atoms with Crippen LogP contribution in [0.25, 0.3) is 0 Å². The Kier molecular flexibility index (Phi) is 4.89. The van der Waals surface area contributed by atoms with Gasteiger partial charge in [-0.15, -0.1) is 0 Å². The number of halogens is 1. The van der Waals surface area contributed by atoms with Crippen molar-refractivity contribution in [1.82, 2.24) is 14.7 Å². The fourth-order valence-corrected chi connectivity index (χ4v) is 2.99. The Morgan fingerprint density at radius 3 is 2.88 bits per heavy atom. The van der Waals surface area contributed by atoms with Gasteiger partial charge in [-0.05, 0) is 43.2 Å². The van der Waals surface area contributed by atoms with E-state index in [2.05, 4.69) is 5.10 Å². The number of aliphatic hydroxyl groups is 2. The summed E-state index contributed by atoms with van der Waals surface area (Å²) in [5.41, 5.74) is 2.77. The molecule has 1 amide bonds. The SMILES string of the molecule is Cc1cc(C(=O)N2CCCn3nc(C(O)CO)cc3C2)ccc1Cl. The second-order valence-corrected chi connectivity index (χ2v) is 6.43. The molecule has 1 aliphatic heterocycles. The average Bonchev–Trinajstić information content (AvgIpc) is 2.87. The third-order valence-electron chi connectivity index (χ3n) is 4.24. The van der Waals surface area contributed by atoms with E-state index < -0.39 is 6.10 Å². The van der Waals surface area contributed by atoms with Gasteiger partial charge in [0.1, 0.15) is 6.10 Å². The molecule has 1 aromatic heterocycles. The van der Waals surface area contributed by atoms with Gasteiger partial charge < -0.3 is 15.1 Å². The van der Waals surface area contributed by atoms with Crippen LogP contribution in [0.1, 0.15) is 39.8 Å². The van der Waals surface area contributed by atoms with Gasteiger partial charge in [0.05, 0.1) is 24.5 Å². The molecule has 2 heterocycles. The lowest BCUT2D eigenvalue weighted by atomic mass is 10.1. The summed E-state index contributed by atoms with van der Waals surface area (Å²) in [5.74, 6) is -0.0475. The molecule has 1 atom stereocenters.